The lowest BCUT2D eigenvalue weighted by Crippen LogP contribution is -2.50. The molecule has 0 spiro atoms. The molecular weight excluding hydrogens is 514 g/mol. The molecule has 2 N–H and O–H groups in total. The summed E-state index contributed by atoms with van der Waals surface area (Å²) in [6.45, 7) is 7.04. The molecule has 0 radical (unpaired) electrons. The van der Waals surface area contributed by atoms with E-state index in [1.54, 1.807) is 36.4 Å². The highest BCUT2D eigenvalue weighted by Crippen LogP contribution is 2.46. The van der Waals surface area contributed by atoms with Crippen molar-refractivity contribution in [3.63, 3.8) is 0 Å². The van der Waals surface area contributed by atoms with Crippen LogP contribution in [-0.4, -0.2) is 24.4 Å². The highest BCUT2D eigenvalue weighted by Gasteiger charge is 2.41. The lowest BCUT2D eigenvalue weighted by Gasteiger charge is -2.47. The molecule has 34 heavy (non-hydrogen) atoms. The molecule has 1 saturated carbocycles. The third-order valence-corrected chi connectivity index (χ3v) is 7.74. The number of hydrogen-bond acceptors (Lipinski definition) is 2. The zero-order valence-corrected chi connectivity index (χ0v) is 22.6. The van der Waals surface area contributed by atoms with E-state index in [4.69, 9.17) is 46.4 Å². The summed E-state index contributed by atoms with van der Waals surface area (Å²) in [6, 6.07) is 10.4. The van der Waals surface area contributed by atoms with Crippen molar-refractivity contribution >= 4 is 58.2 Å². The van der Waals surface area contributed by atoms with Gasteiger partial charge in [-0.2, -0.15) is 0 Å². The summed E-state index contributed by atoms with van der Waals surface area (Å²) in [5.74, 6) is -0.244. The fourth-order valence-corrected chi connectivity index (χ4v) is 6.31. The SMILES string of the molecule is CC1(C)C[C@H](NC(=O)Cc2c(Cl)cccc2Cl)C[C@@](C)(CNC(=O)Cc2c(Cl)cccc2Cl)C1. The second-order valence-corrected chi connectivity index (χ2v) is 12.0. The van der Waals surface area contributed by atoms with Crippen LogP contribution < -0.4 is 10.6 Å². The normalized spacial score (nSPS) is 21.7. The summed E-state index contributed by atoms with van der Waals surface area (Å²) in [4.78, 5) is 25.5. The van der Waals surface area contributed by atoms with Gasteiger partial charge in [0, 0.05) is 32.7 Å². The van der Waals surface area contributed by atoms with Crippen LogP contribution in [0.4, 0.5) is 0 Å². The standard InChI is InChI=1S/C26H30Cl4N2O2/c1-25(2)12-16(32-24(34)11-18-21(29)8-5-9-22(18)30)13-26(3,14-25)15-31-23(33)10-17-19(27)6-4-7-20(17)28/h4-9,16H,10-15H2,1-3H3,(H,31,33)(H,32,34)/t16-,26+/m0/s1. The number of nitrogens with one attached hydrogen (secondary N) is 2. The number of rotatable bonds is 7. The Kier molecular flexibility index (Phi) is 8.84. The van der Waals surface area contributed by atoms with Gasteiger partial charge in [0.25, 0.3) is 0 Å². The van der Waals surface area contributed by atoms with E-state index < -0.39 is 0 Å². The minimum Gasteiger partial charge on any atom is -0.355 e. The van der Waals surface area contributed by atoms with Crippen molar-refractivity contribution in [3.8, 4) is 0 Å². The van der Waals surface area contributed by atoms with Crippen LogP contribution in [0.25, 0.3) is 0 Å². The number of halogens is 4. The molecule has 0 unspecified atom stereocenters. The maximum Gasteiger partial charge on any atom is 0.224 e. The van der Waals surface area contributed by atoms with Crippen molar-refractivity contribution in [2.45, 2.75) is 58.9 Å². The zero-order valence-electron chi connectivity index (χ0n) is 19.6. The number of carbonyl (C=O) groups excluding carboxylic acids is 2. The Morgan fingerprint density at radius 3 is 1.79 bits per heavy atom. The van der Waals surface area contributed by atoms with Crippen LogP contribution in [0.5, 0.6) is 0 Å². The van der Waals surface area contributed by atoms with E-state index in [9.17, 15) is 9.59 Å². The van der Waals surface area contributed by atoms with Gasteiger partial charge in [-0.25, -0.2) is 0 Å². The molecule has 0 bridgehead atoms. The molecule has 1 fully saturated rings. The first-order valence-electron chi connectivity index (χ1n) is 11.3. The van der Waals surface area contributed by atoms with Gasteiger partial charge >= 0.3 is 0 Å². The van der Waals surface area contributed by atoms with Gasteiger partial charge in [0.05, 0.1) is 12.8 Å². The number of amides is 2. The van der Waals surface area contributed by atoms with Crippen LogP contribution in [-0.2, 0) is 22.4 Å². The summed E-state index contributed by atoms with van der Waals surface area (Å²) in [5, 5.41) is 8.16. The van der Waals surface area contributed by atoms with Gasteiger partial charge in [-0.15, -0.1) is 0 Å². The largest absolute Gasteiger partial charge is 0.355 e. The van der Waals surface area contributed by atoms with E-state index in [1.165, 1.54) is 0 Å². The van der Waals surface area contributed by atoms with E-state index in [0.717, 1.165) is 19.3 Å². The van der Waals surface area contributed by atoms with Crippen molar-refractivity contribution in [3.05, 3.63) is 67.6 Å². The molecule has 184 valence electrons. The number of carbonyl (C=O) groups is 2. The Morgan fingerprint density at radius 1 is 0.824 bits per heavy atom. The Labute approximate surface area is 221 Å². The van der Waals surface area contributed by atoms with Gasteiger partial charge in [-0.3, -0.25) is 9.59 Å². The molecule has 2 amide bonds. The smallest absolute Gasteiger partial charge is 0.224 e. The van der Waals surface area contributed by atoms with Gasteiger partial charge in [-0.1, -0.05) is 79.3 Å². The fraction of sp³-hybridized carbons (Fsp3) is 0.462. The zero-order chi connectivity index (χ0) is 25.1. The maximum absolute atomic E-state index is 12.8. The van der Waals surface area contributed by atoms with E-state index in [0.29, 0.717) is 37.8 Å². The minimum atomic E-state index is -0.179. The molecule has 2 aromatic carbocycles. The van der Waals surface area contributed by atoms with E-state index in [1.807, 2.05) is 0 Å². The van der Waals surface area contributed by atoms with Crippen LogP contribution in [0, 0.1) is 10.8 Å². The highest BCUT2D eigenvalue weighted by atomic mass is 35.5. The van der Waals surface area contributed by atoms with Gasteiger partial charge in [0.2, 0.25) is 11.8 Å². The summed E-state index contributed by atoms with van der Waals surface area (Å²) < 4.78 is 0. The molecule has 0 aromatic heterocycles. The monoisotopic (exact) mass is 542 g/mol. The van der Waals surface area contributed by atoms with Gasteiger partial charge < -0.3 is 10.6 Å². The van der Waals surface area contributed by atoms with Crippen LogP contribution in [0.2, 0.25) is 20.1 Å². The molecule has 0 saturated heterocycles. The second-order valence-electron chi connectivity index (χ2n) is 10.4. The van der Waals surface area contributed by atoms with E-state index in [-0.39, 0.29) is 41.5 Å². The first-order chi connectivity index (χ1) is 15.9. The minimum absolute atomic E-state index is 0.00373. The average Bonchev–Trinajstić information content (AvgIpc) is 2.71. The Hall–Kier alpha value is -1.46. The third-order valence-electron chi connectivity index (χ3n) is 6.32. The van der Waals surface area contributed by atoms with Crippen LogP contribution in [0.1, 0.15) is 51.2 Å². The average molecular weight is 544 g/mol. The lowest BCUT2D eigenvalue weighted by molar-refractivity contribution is -0.123. The summed E-state index contributed by atoms with van der Waals surface area (Å²) in [7, 11) is 0. The number of hydrogen-bond donors (Lipinski definition) is 2. The van der Waals surface area contributed by atoms with Gasteiger partial charge in [0.15, 0.2) is 0 Å². The Morgan fingerprint density at radius 2 is 1.29 bits per heavy atom. The lowest BCUT2D eigenvalue weighted by atomic mass is 9.62. The molecule has 2 atom stereocenters. The topological polar surface area (TPSA) is 58.2 Å². The predicted molar refractivity (Wildman–Crippen MR) is 141 cm³/mol. The van der Waals surface area contributed by atoms with Crippen molar-refractivity contribution < 1.29 is 9.59 Å². The van der Waals surface area contributed by atoms with Crippen molar-refractivity contribution in [1.82, 2.24) is 10.6 Å². The Balaban J connectivity index is 1.62. The summed E-state index contributed by atoms with van der Waals surface area (Å²) in [5.41, 5.74) is 1.08. The van der Waals surface area contributed by atoms with Crippen LogP contribution in [0.15, 0.2) is 36.4 Å². The van der Waals surface area contributed by atoms with Gasteiger partial charge in [-0.05, 0) is 65.5 Å². The first kappa shape index (κ1) is 27.1. The molecule has 0 heterocycles. The maximum atomic E-state index is 12.8. The third kappa shape index (κ3) is 7.27. The van der Waals surface area contributed by atoms with Crippen LogP contribution >= 0.6 is 46.4 Å². The molecule has 4 nitrogen and oxygen atoms in total. The molecular formula is C26H30Cl4N2O2. The summed E-state index contributed by atoms with van der Waals surface area (Å²) >= 11 is 24.9. The number of benzene rings is 2. The molecule has 0 aliphatic heterocycles. The van der Waals surface area contributed by atoms with Gasteiger partial charge in [0.1, 0.15) is 0 Å². The molecule has 2 aromatic rings. The molecule has 1 aliphatic carbocycles. The Bertz CT molecular complexity index is 1030. The van der Waals surface area contributed by atoms with E-state index in [2.05, 4.69) is 31.4 Å². The van der Waals surface area contributed by atoms with Crippen molar-refractivity contribution in [2.75, 3.05) is 6.54 Å². The molecule has 8 heteroatoms. The molecule has 1 aliphatic rings. The summed E-state index contributed by atoms with van der Waals surface area (Å²) in [6.07, 6.45) is 2.79. The molecule has 3 rings (SSSR count). The second kappa shape index (κ2) is 11.1. The fourth-order valence-electron chi connectivity index (χ4n) is 5.25. The van der Waals surface area contributed by atoms with Crippen LogP contribution in [0.3, 0.4) is 0 Å². The van der Waals surface area contributed by atoms with Crippen molar-refractivity contribution in [1.29, 1.82) is 0 Å². The highest BCUT2D eigenvalue weighted by molar-refractivity contribution is 6.36. The van der Waals surface area contributed by atoms with Crippen molar-refractivity contribution in [2.24, 2.45) is 10.8 Å². The first-order valence-corrected chi connectivity index (χ1v) is 12.8. The van der Waals surface area contributed by atoms with E-state index >= 15 is 0 Å². The quantitative estimate of drug-likeness (QED) is 0.399. The predicted octanol–water partition coefficient (Wildman–Crippen LogP) is 6.90.